The van der Waals surface area contributed by atoms with E-state index in [1.165, 1.54) is 20.3 Å². The first kappa shape index (κ1) is 10.3. The van der Waals surface area contributed by atoms with Gasteiger partial charge in [-0.2, -0.15) is 0 Å². The molecule has 1 aromatic carbocycles. The number of rotatable bonds is 3. The maximum atomic E-state index is 13.4. The molecule has 0 heterocycles. The molecule has 5 heteroatoms. The van der Waals surface area contributed by atoms with Crippen LogP contribution in [-0.4, -0.2) is 20.5 Å². The molecule has 0 aliphatic heterocycles. The van der Waals surface area contributed by atoms with Crippen LogP contribution in [-0.2, 0) is 0 Å². The Kier molecular flexibility index (Phi) is 2.91. The number of nitrogen functional groups attached to an aromatic ring is 1. The second-order valence-corrected chi connectivity index (χ2v) is 2.55. The lowest BCUT2D eigenvalue weighted by atomic mass is 10.1. The Labute approximate surface area is 80.4 Å². The van der Waals surface area contributed by atoms with E-state index in [1.54, 1.807) is 0 Å². The first-order valence-electron chi connectivity index (χ1n) is 3.80. The molecule has 0 bridgehead atoms. The van der Waals surface area contributed by atoms with Crippen LogP contribution in [0.25, 0.3) is 0 Å². The van der Waals surface area contributed by atoms with E-state index in [2.05, 4.69) is 0 Å². The van der Waals surface area contributed by atoms with E-state index in [1.807, 2.05) is 0 Å². The monoisotopic (exact) mass is 199 g/mol. The van der Waals surface area contributed by atoms with Gasteiger partial charge in [-0.3, -0.25) is 4.79 Å². The van der Waals surface area contributed by atoms with Crippen LogP contribution in [0.3, 0.4) is 0 Å². The molecule has 0 atom stereocenters. The molecule has 1 rings (SSSR count). The second kappa shape index (κ2) is 3.95. The van der Waals surface area contributed by atoms with Gasteiger partial charge in [-0.25, -0.2) is 4.39 Å². The SMILES string of the molecule is COc1cc(C=O)c(N)c(F)c1OC. The third-order valence-corrected chi connectivity index (χ3v) is 1.81. The number of halogens is 1. The largest absolute Gasteiger partial charge is 0.493 e. The molecule has 0 fully saturated rings. The molecule has 0 saturated carbocycles. The van der Waals surface area contributed by atoms with Gasteiger partial charge in [0.25, 0.3) is 0 Å². The van der Waals surface area contributed by atoms with Crippen molar-refractivity contribution in [3.8, 4) is 11.5 Å². The zero-order chi connectivity index (χ0) is 10.7. The third-order valence-electron chi connectivity index (χ3n) is 1.81. The van der Waals surface area contributed by atoms with Crippen molar-refractivity contribution in [1.29, 1.82) is 0 Å². The maximum absolute atomic E-state index is 13.4. The molecule has 2 N–H and O–H groups in total. The summed E-state index contributed by atoms with van der Waals surface area (Å²) in [7, 11) is 2.64. The Hall–Kier alpha value is -1.78. The fourth-order valence-electron chi connectivity index (χ4n) is 1.08. The summed E-state index contributed by atoms with van der Waals surface area (Å²) in [6.07, 6.45) is 0.459. The molecule has 0 aromatic heterocycles. The topological polar surface area (TPSA) is 61.5 Å². The predicted molar refractivity (Wildman–Crippen MR) is 49.3 cm³/mol. The van der Waals surface area contributed by atoms with Gasteiger partial charge >= 0.3 is 0 Å². The normalized spacial score (nSPS) is 9.64. The predicted octanol–water partition coefficient (Wildman–Crippen LogP) is 1.24. The highest BCUT2D eigenvalue weighted by molar-refractivity contribution is 5.85. The fraction of sp³-hybridized carbons (Fsp3) is 0.222. The van der Waals surface area contributed by atoms with E-state index in [0.29, 0.717) is 6.29 Å². The van der Waals surface area contributed by atoms with Crippen molar-refractivity contribution in [1.82, 2.24) is 0 Å². The highest BCUT2D eigenvalue weighted by Gasteiger charge is 2.17. The number of hydrogen-bond acceptors (Lipinski definition) is 4. The van der Waals surface area contributed by atoms with Gasteiger partial charge in [0.05, 0.1) is 19.9 Å². The summed E-state index contributed by atoms with van der Waals surface area (Å²) in [4.78, 5) is 10.5. The van der Waals surface area contributed by atoms with Crippen molar-refractivity contribution < 1.29 is 18.7 Å². The fourth-order valence-corrected chi connectivity index (χ4v) is 1.08. The summed E-state index contributed by atoms with van der Waals surface area (Å²) >= 11 is 0. The average molecular weight is 199 g/mol. The number of carbonyl (C=O) groups is 1. The number of nitrogens with two attached hydrogens (primary N) is 1. The summed E-state index contributed by atoms with van der Waals surface area (Å²) in [6, 6.07) is 1.32. The smallest absolute Gasteiger partial charge is 0.199 e. The standard InChI is InChI=1S/C9H10FNO3/c1-13-6-3-5(4-12)8(11)7(10)9(6)14-2/h3-4H,11H2,1-2H3. The number of anilines is 1. The van der Waals surface area contributed by atoms with Gasteiger partial charge in [0.1, 0.15) is 0 Å². The van der Waals surface area contributed by atoms with Gasteiger partial charge in [0, 0.05) is 5.56 Å². The molecule has 0 amide bonds. The minimum Gasteiger partial charge on any atom is -0.493 e. The van der Waals surface area contributed by atoms with Gasteiger partial charge < -0.3 is 15.2 Å². The van der Waals surface area contributed by atoms with Gasteiger partial charge in [0.15, 0.2) is 23.6 Å². The molecule has 0 unspecified atom stereocenters. The molecule has 0 radical (unpaired) electrons. The Balaban J connectivity index is 3.45. The molecule has 76 valence electrons. The number of ether oxygens (including phenoxy) is 2. The minimum absolute atomic E-state index is 0.0418. The number of methoxy groups -OCH3 is 2. The lowest BCUT2D eigenvalue weighted by Gasteiger charge is -2.11. The molecular weight excluding hydrogens is 189 g/mol. The first-order chi connectivity index (χ1) is 6.65. The van der Waals surface area contributed by atoms with Crippen LogP contribution in [0.5, 0.6) is 11.5 Å². The van der Waals surface area contributed by atoms with Crippen LogP contribution in [0.1, 0.15) is 10.4 Å². The Morgan fingerprint density at radius 3 is 2.50 bits per heavy atom. The van der Waals surface area contributed by atoms with Crippen LogP contribution in [0.2, 0.25) is 0 Å². The second-order valence-electron chi connectivity index (χ2n) is 2.55. The van der Waals surface area contributed by atoms with Crippen molar-refractivity contribution in [2.75, 3.05) is 20.0 Å². The van der Waals surface area contributed by atoms with Crippen molar-refractivity contribution in [2.45, 2.75) is 0 Å². The summed E-state index contributed by atoms with van der Waals surface area (Å²) < 4.78 is 23.0. The Morgan fingerprint density at radius 1 is 1.43 bits per heavy atom. The van der Waals surface area contributed by atoms with E-state index in [4.69, 9.17) is 15.2 Å². The zero-order valence-corrected chi connectivity index (χ0v) is 7.83. The molecule has 14 heavy (non-hydrogen) atoms. The van der Waals surface area contributed by atoms with E-state index in [9.17, 15) is 9.18 Å². The summed E-state index contributed by atoms with van der Waals surface area (Å²) in [6.45, 7) is 0. The summed E-state index contributed by atoms with van der Waals surface area (Å²) in [5, 5.41) is 0. The minimum atomic E-state index is -0.783. The van der Waals surface area contributed by atoms with E-state index in [0.717, 1.165) is 0 Å². The first-order valence-corrected chi connectivity index (χ1v) is 3.80. The van der Waals surface area contributed by atoms with Gasteiger partial charge in [-0.1, -0.05) is 0 Å². The molecule has 0 spiro atoms. The van der Waals surface area contributed by atoms with Crippen molar-refractivity contribution >= 4 is 12.0 Å². The van der Waals surface area contributed by atoms with Crippen LogP contribution >= 0.6 is 0 Å². The molecular formula is C9H10FNO3. The van der Waals surface area contributed by atoms with Crippen molar-refractivity contribution in [3.63, 3.8) is 0 Å². The Morgan fingerprint density at radius 2 is 2.07 bits per heavy atom. The van der Waals surface area contributed by atoms with E-state index in [-0.39, 0.29) is 22.7 Å². The summed E-state index contributed by atoms with van der Waals surface area (Å²) in [5.41, 5.74) is 5.15. The van der Waals surface area contributed by atoms with Crippen molar-refractivity contribution in [3.05, 3.63) is 17.4 Å². The Bertz CT molecular complexity index is 366. The van der Waals surface area contributed by atoms with E-state index >= 15 is 0 Å². The van der Waals surface area contributed by atoms with Gasteiger partial charge in [0.2, 0.25) is 0 Å². The van der Waals surface area contributed by atoms with E-state index < -0.39 is 5.82 Å². The highest BCUT2D eigenvalue weighted by atomic mass is 19.1. The lowest BCUT2D eigenvalue weighted by Crippen LogP contribution is -2.02. The molecule has 0 saturated heterocycles. The van der Waals surface area contributed by atoms with Crippen LogP contribution in [0.15, 0.2) is 6.07 Å². The highest BCUT2D eigenvalue weighted by Crippen LogP contribution is 2.35. The van der Waals surface area contributed by atoms with Crippen LogP contribution < -0.4 is 15.2 Å². The number of hydrogen-bond donors (Lipinski definition) is 1. The average Bonchev–Trinajstić information content (AvgIpc) is 2.21. The van der Waals surface area contributed by atoms with Crippen LogP contribution in [0.4, 0.5) is 10.1 Å². The van der Waals surface area contributed by atoms with Crippen molar-refractivity contribution in [2.24, 2.45) is 0 Å². The van der Waals surface area contributed by atoms with Crippen LogP contribution in [0, 0.1) is 5.82 Å². The molecule has 0 aliphatic rings. The molecule has 1 aromatic rings. The molecule has 4 nitrogen and oxygen atoms in total. The number of aldehydes is 1. The third kappa shape index (κ3) is 1.48. The quantitative estimate of drug-likeness (QED) is 0.587. The zero-order valence-electron chi connectivity index (χ0n) is 7.83. The summed E-state index contributed by atoms with van der Waals surface area (Å²) in [5.74, 6) is -0.745. The maximum Gasteiger partial charge on any atom is 0.199 e. The number of carbonyl (C=O) groups excluding carboxylic acids is 1. The lowest BCUT2D eigenvalue weighted by molar-refractivity contribution is 0.112. The number of benzene rings is 1. The van der Waals surface area contributed by atoms with Gasteiger partial charge in [-0.15, -0.1) is 0 Å². The molecule has 0 aliphatic carbocycles. The van der Waals surface area contributed by atoms with Gasteiger partial charge in [-0.05, 0) is 6.07 Å².